The topological polar surface area (TPSA) is 87.7 Å². The summed E-state index contributed by atoms with van der Waals surface area (Å²) < 4.78 is 8.73. The van der Waals surface area contributed by atoms with Crippen LogP contribution in [0.15, 0.2) is 66.1 Å². The van der Waals surface area contributed by atoms with Gasteiger partial charge in [-0.2, -0.15) is 10.2 Å². The van der Waals surface area contributed by atoms with E-state index < -0.39 is 0 Å². The molecule has 0 unspecified atom stereocenters. The molecular formula is C21H20N6O2. The van der Waals surface area contributed by atoms with Gasteiger partial charge < -0.3 is 4.74 Å². The van der Waals surface area contributed by atoms with Crippen LogP contribution in [-0.2, 0) is 13.5 Å². The number of rotatable bonds is 6. The van der Waals surface area contributed by atoms with Crippen LogP contribution in [0.2, 0.25) is 0 Å². The number of nitrogens with zero attached hydrogens (tertiary/aromatic N) is 6. The Morgan fingerprint density at radius 2 is 1.93 bits per heavy atom. The van der Waals surface area contributed by atoms with Gasteiger partial charge in [0.1, 0.15) is 11.4 Å². The van der Waals surface area contributed by atoms with Gasteiger partial charge in [-0.1, -0.05) is 18.2 Å². The van der Waals surface area contributed by atoms with Gasteiger partial charge in [-0.05, 0) is 18.6 Å². The normalized spacial score (nSPS) is 10.8. The zero-order chi connectivity index (χ0) is 20.2. The SMILES string of the molecule is CCOc1cnc(-c2cccc(Cc3nn(-c4cnn(C)c4)ccc3=O)c2)nc1. The van der Waals surface area contributed by atoms with E-state index in [1.165, 1.54) is 6.07 Å². The molecule has 3 heterocycles. The molecule has 3 aromatic heterocycles. The van der Waals surface area contributed by atoms with Crippen LogP contribution in [0, 0.1) is 0 Å². The van der Waals surface area contributed by atoms with E-state index in [0.717, 1.165) is 16.8 Å². The van der Waals surface area contributed by atoms with Gasteiger partial charge in [0, 0.05) is 31.3 Å². The minimum atomic E-state index is -0.104. The van der Waals surface area contributed by atoms with E-state index in [4.69, 9.17) is 4.74 Å². The fraction of sp³-hybridized carbons (Fsp3) is 0.190. The molecule has 0 atom stereocenters. The summed E-state index contributed by atoms with van der Waals surface area (Å²) in [6, 6.07) is 9.31. The molecule has 4 aromatic rings. The molecule has 0 radical (unpaired) electrons. The third-order valence-electron chi connectivity index (χ3n) is 4.33. The van der Waals surface area contributed by atoms with Gasteiger partial charge in [-0.3, -0.25) is 9.48 Å². The summed E-state index contributed by atoms with van der Waals surface area (Å²) in [5.41, 5.74) is 2.97. The highest BCUT2D eigenvalue weighted by Gasteiger charge is 2.09. The van der Waals surface area contributed by atoms with Crippen molar-refractivity contribution in [2.45, 2.75) is 13.3 Å². The van der Waals surface area contributed by atoms with Gasteiger partial charge in [-0.25, -0.2) is 14.6 Å². The predicted molar refractivity (Wildman–Crippen MR) is 108 cm³/mol. The molecule has 0 amide bonds. The van der Waals surface area contributed by atoms with E-state index in [-0.39, 0.29) is 5.43 Å². The van der Waals surface area contributed by atoms with Crippen molar-refractivity contribution < 1.29 is 4.74 Å². The maximum Gasteiger partial charge on any atom is 0.203 e. The van der Waals surface area contributed by atoms with Crippen molar-refractivity contribution in [1.82, 2.24) is 29.5 Å². The molecule has 0 bridgehead atoms. The number of hydrogen-bond donors (Lipinski definition) is 0. The lowest BCUT2D eigenvalue weighted by Gasteiger charge is -2.07. The average Bonchev–Trinajstić information content (AvgIpc) is 3.17. The van der Waals surface area contributed by atoms with Crippen LogP contribution >= 0.6 is 0 Å². The van der Waals surface area contributed by atoms with Crippen molar-refractivity contribution in [3.8, 4) is 22.8 Å². The lowest BCUT2D eigenvalue weighted by molar-refractivity contribution is 0.337. The number of aromatic nitrogens is 6. The zero-order valence-electron chi connectivity index (χ0n) is 16.2. The summed E-state index contributed by atoms with van der Waals surface area (Å²) in [4.78, 5) is 21.1. The molecule has 0 aliphatic carbocycles. The third kappa shape index (κ3) is 4.21. The average molecular weight is 388 g/mol. The second-order valence-electron chi connectivity index (χ2n) is 6.50. The number of ether oxygens (including phenoxy) is 1. The maximum absolute atomic E-state index is 12.3. The van der Waals surface area contributed by atoms with Crippen LogP contribution in [0.5, 0.6) is 5.75 Å². The van der Waals surface area contributed by atoms with Gasteiger partial charge in [0.05, 0.1) is 31.4 Å². The number of benzene rings is 1. The van der Waals surface area contributed by atoms with E-state index in [9.17, 15) is 4.79 Å². The summed E-state index contributed by atoms with van der Waals surface area (Å²) in [5.74, 6) is 1.24. The molecule has 1 aromatic carbocycles. The molecule has 8 heteroatoms. The van der Waals surface area contributed by atoms with Crippen LogP contribution in [0.1, 0.15) is 18.2 Å². The van der Waals surface area contributed by atoms with E-state index in [0.29, 0.717) is 30.3 Å². The molecule has 8 nitrogen and oxygen atoms in total. The molecule has 0 aliphatic heterocycles. The number of aryl methyl sites for hydroxylation is 1. The van der Waals surface area contributed by atoms with Crippen molar-refractivity contribution in [2.24, 2.45) is 7.05 Å². The van der Waals surface area contributed by atoms with Crippen molar-refractivity contribution in [3.63, 3.8) is 0 Å². The summed E-state index contributed by atoms with van der Waals surface area (Å²) >= 11 is 0. The van der Waals surface area contributed by atoms with Gasteiger partial charge in [0.25, 0.3) is 0 Å². The smallest absolute Gasteiger partial charge is 0.203 e. The number of hydrogen-bond acceptors (Lipinski definition) is 6. The molecule has 146 valence electrons. The van der Waals surface area contributed by atoms with Crippen LogP contribution in [-0.4, -0.2) is 36.1 Å². The van der Waals surface area contributed by atoms with Crippen molar-refractivity contribution in [2.75, 3.05) is 6.61 Å². The maximum atomic E-state index is 12.3. The highest BCUT2D eigenvalue weighted by Crippen LogP contribution is 2.19. The minimum Gasteiger partial charge on any atom is -0.491 e. The Kier molecular flexibility index (Phi) is 5.15. The van der Waals surface area contributed by atoms with Gasteiger partial charge >= 0.3 is 0 Å². The largest absolute Gasteiger partial charge is 0.491 e. The molecule has 0 saturated heterocycles. The van der Waals surface area contributed by atoms with Crippen molar-refractivity contribution >= 4 is 0 Å². The fourth-order valence-corrected chi connectivity index (χ4v) is 2.96. The summed E-state index contributed by atoms with van der Waals surface area (Å²) in [6.45, 7) is 2.48. The first-order chi connectivity index (χ1) is 14.1. The monoisotopic (exact) mass is 388 g/mol. The van der Waals surface area contributed by atoms with Crippen LogP contribution in [0.25, 0.3) is 17.1 Å². The Morgan fingerprint density at radius 3 is 2.66 bits per heavy atom. The minimum absolute atomic E-state index is 0.104. The van der Waals surface area contributed by atoms with Crippen LogP contribution in [0.3, 0.4) is 0 Å². The second-order valence-corrected chi connectivity index (χ2v) is 6.50. The Bertz CT molecular complexity index is 1180. The van der Waals surface area contributed by atoms with Crippen molar-refractivity contribution in [1.29, 1.82) is 0 Å². The third-order valence-corrected chi connectivity index (χ3v) is 4.33. The van der Waals surface area contributed by atoms with E-state index >= 15 is 0 Å². The molecule has 0 saturated carbocycles. The molecule has 0 N–H and O–H groups in total. The molecule has 4 rings (SSSR count). The fourth-order valence-electron chi connectivity index (χ4n) is 2.96. The first-order valence-electron chi connectivity index (χ1n) is 9.24. The highest BCUT2D eigenvalue weighted by molar-refractivity contribution is 5.56. The Balaban J connectivity index is 1.60. The predicted octanol–water partition coefficient (Wildman–Crippen LogP) is 2.41. The van der Waals surface area contributed by atoms with E-state index in [1.807, 2.05) is 44.4 Å². The van der Waals surface area contributed by atoms with Crippen LogP contribution < -0.4 is 10.2 Å². The lowest BCUT2D eigenvalue weighted by atomic mass is 10.1. The molecule has 0 fully saturated rings. The summed E-state index contributed by atoms with van der Waals surface area (Å²) in [6.07, 6.45) is 8.90. The van der Waals surface area contributed by atoms with Crippen LogP contribution in [0.4, 0.5) is 0 Å². The quantitative estimate of drug-likeness (QED) is 0.504. The Morgan fingerprint density at radius 1 is 1.10 bits per heavy atom. The van der Waals surface area contributed by atoms with E-state index in [1.54, 1.807) is 34.2 Å². The zero-order valence-corrected chi connectivity index (χ0v) is 16.2. The van der Waals surface area contributed by atoms with Crippen molar-refractivity contribution in [3.05, 3.63) is 82.8 Å². The summed E-state index contributed by atoms with van der Waals surface area (Å²) in [5, 5.41) is 8.64. The Hall–Kier alpha value is -3.81. The first-order valence-corrected chi connectivity index (χ1v) is 9.24. The molecular weight excluding hydrogens is 368 g/mol. The van der Waals surface area contributed by atoms with Gasteiger partial charge in [-0.15, -0.1) is 0 Å². The summed E-state index contributed by atoms with van der Waals surface area (Å²) in [7, 11) is 1.83. The molecule has 0 aliphatic rings. The first kappa shape index (κ1) is 18.5. The van der Waals surface area contributed by atoms with Gasteiger partial charge in [0.2, 0.25) is 5.43 Å². The Labute approximate surface area is 167 Å². The molecule has 0 spiro atoms. The van der Waals surface area contributed by atoms with Gasteiger partial charge in [0.15, 0.2) is 11.6 Å². The van der Waals surface area contributed by atoms with E-state index in [2.05, 4.69) is 20.2 Å². The lowest BCUT2D eigenvalue weighted by Crippen LogP contribution is -2.16. The standard InChI is InChI=1S/C21H20N6O2/c1-3-29-18-12-22-21(23-13-18)16-6-4-5-15(9-16)10-19-20(28)7-8-27(25-19)17-11-24-26(2)14-17/h4-9,11-14H,3,10H2,1-2H3. The highest BCUT2D eigenvalue weighted by atomic mass is 16.5. The molecule has 29 heavy (non-hydrogen) atoms. The second kappa shape index (κ2) is 8.05.